The molecule has 0 radical (unpaired) electrons. The van der Waals surface area contributed by atoms with E-state index in [1.165, 1.54) is 0 Å². The third-order valence-electron chi connectivity index (χ3n) is 3.70. The molecule has 1 N–H and O–H groups in total. The van der Waals surface area contributed by atoms with E-state index in [1.54, 1.807) is 29.4 Å². The van der Waals surface area contributed by atoms with E-state index in [4.69, 9.17) is 0 Å². The van der Waals surface area contributed by atoms with Gasteiger partial charge in [0.05, 0.1) is 5.01 Å². The van der Waals surface area contributed by atoms with Crippen LogP contribution in [0.1, 0.15) is 38.6 Å². The fraction of sp³-hybridized carbons (Fsp3) is 0.643. The third-order valence-corrected chi connectivity index (χ3v) is 4.71. The average Bonchev–Trinajstić information content (AvgIpc) is 2.92. The summed E-state index contributed by atoms with van der Waals surface area (Å²) in [7, 11) is 0. The number of piperazine rings is 1. The minimum atomic E-state index is -0.417. The molecule has 0 bridgehead atoms. The van der Waals surface area contributed by atoms with Gasteiger partial charge in [0.1, 0.15) is 12.1 Å². The van der Waals surface area contributed by atoms with Crippen molar-refractivity contribution in [2.24, 2.45) is 5.92 Å². The summed E-state index contributed by atoms with van der Waals surface area (Å²) in [6.07, 6.45) is 1.77. The summed E-state index contributed by atoms with van der Waals surface area (Å²) in [6, 6.07) is -0.831. The Bertz CT molecular complexity index is 487. The molecule has 1 fully saturated rings. The fourth-order valence-corrected chi connectivity index (χ4v) is 3.09. The van der Waals surface area contributed by atoms with E-state index < -0.39 is 12.1 Å². The Morgan fingerprint density at radius 1 is 1.40 bits per heavy atom. The Morgan fingerprint density at radius 2 is 2.10 bits per heavy atom. The van der Waals surface area contributed by atoms with Gasteiger partial charge in [-0.25, -0.2) is 4.98 Å². The molecule has 0 aliphatic carbocycles. The molecule has 3 unspecified atom stereocenters. The molecule has 2 rings (SSSR count). The third kappa shape index (κ3) is 2.85. The summed E-state index contributed by atoms with van der Waals surface area (Å²) in [5.74, 6) is 0.168. The zero-order chi connectivity index (χ0) is 14.9. The highest BCUT2D eigenvalue weighted by Gasteiger charge is 2.39. The zero-order valence-electron chi connectivity index (χ0n) is 12.3. The van der Waals surface area contributed by atoms with Crippen LogP contribution in [-0.2, 0) is 9.59 Å². The maximum Gasteiger partial charge on any atom is 0.246 e. The smallest absolute Gasteiger partial charge is 0.246 e. The van der Waals surface area contributed by atoms with Gasteiger partial charge in [-0.05, 0) is 12.8 Å². The van der Waals surface area contributed by atoms with Gasteiger partial charge >= 0.3 is 0 Å². The van der Waals surface area contributed by atoms with Gasteiger partial charge in [-0.1, -0.05) is 20.8 Å². The summed E-state index contributed by atoms with van der Waals surface area (Å²) in [6.45, 7) is 8.24. The van der Waals surface area contributed by atoms with Crippen molar-refractivity contribution in [2.45, 2.75) is 45.7 Å². The summed E-state index contributed by atoms with van der Waals surface area (Å²) in [4.78, 5) is 30.5. The van der Waals surface area contributed by atoms with E-state index in [1.807, 2.05) is 26.2 Å². The Hall–Kier alpha value is -1.43. The SMILES string of the molecule is CC(CN1C(=O)C(C(C)C)NC(=O)C1C)c1nccs1. The predicted molar refractivity (Wildman–Crippen MR) is 78.5 cm³/mol. The molecule has 110 valence electrons. The van der Waals surface area contributed by atoms with Crippen LogP contribution >= 0.6 is 11.3 Å². The first-order valence-corrected chi connectivity index (χ1v) is 7.80. The maximum absolute atomic E-state index is 12.5. The number of amides is 2. The molecular formula is C14H21N3O2S. The van der Waals surface area contributed by atoms with Crippen LogP contribution in [0.5, 0.6) is 0 Å². The minimum Gasteiger partial charge on any atom is -0.342 e. The van der Waals surface area contributed by atoms with E-state index in [-0.39, 0.29) is 23.7 Å². The average molecular weight is 295 g/mol. The van der Waals surface area contributed by atoms with Gasteiger partial charge in [0.2, 0.25) is 11.8 Å². The molecular weight excluding hydrogens is 274 g/mol. The largest absolute Gasteiger partial charge is 0.342 e. The molecule has 0 saturated carbocycles. The molecule has 1 aromatic rings. The van der Waals surface area contributed by atoms with Crippen LogP contribution in [-0.4, -0.2) is 40.3 Å². The Balaban J connectivity index is 2.15. The first-order valence-electron chi connectivity index (χ1n) is 6.92. The van der Waals surface area contributed by atoms with Gasteiger partial charge in [0.15, 0.2) is 0 Å². The highest BCUT2D eigenvalue weighted by molar-refractivity contribution is 7.09. The predicted octanol–water partition coefficient (Wildman–Crippen LogP) is 1.62. The Labute approximate surface area is 123 Å². The number of nitrogens with zero attached hydrogens (tertiary/aromatic N) is 2. The summed E-state index contributed by atoms with van der Waals surface area (Å²) >= 11 is 1.58. The number of thiazole rings is 1. The molecule has 3 atom stereocenters. The summed E-state index contributed by atoms with van der Waals surface area (Å²) < 4.78 is 0. The number of aromatic nitrogens is 1. The van der Waals surface area contributed by atoms with E-state index in [0.717, 1.165) is 5.01 Å². The van der Waals surface area contributed by atoms with E-state index in [9.17, 15) is 9.59 Å². The lowest BCUT2D eigenvalue weighted by Gasteiger charge is -2.39. The number of hydrogen-bond acceptors (Lipinski definition) is 4. The summed E-state index contributed by atoms with van der Waals surface area (Å²) in [5.41, 5.74) is 0. The topological polar surface area (TPSA) is 62.3 Å². The van der Waals surface area contributed by atoms with Crippen LogP contribution in [0.3, 0.4) is 0 Å². The van der Waals surface area contributed by atoms with Crippen molar-refractivity contribution in [1.82, 2.24) is 15.2 Å². The molecule has 6 heteroatoms. The molecule has 5 nitrogen and oxygen atoms in total. The van der Waals surface area contributed by atoms with Gasteiger partial charge in [-0.2, -0.15) is 0 Å². The van der Waals surface area contributed by atoms with Crippen LogP contribution in [0.15, 0.2) is 11.6 Å². The number of carbonyl (C=O) groups is 2. The van der Waals surface area contributed by atoms with Gasteiger partial charge in [-0.3, -0.25) is 9.59 Å². The minimum absolute atomic E-state index is 0.00973. The van der Waals surface area contributed by atoms with Crippen LogP contribution < -0.4 is 5.32 Å². The van der Waals surface area contributed by atoms with Crippen LogP contribution in [0.25, 0.3) is 0 Å². The molecule has 2 heterocycles. The maximum atomic E-state index is 12.5. The second kappa shape index (κ2) is 5.91. The zero-order valence-corrected chi connectivity index (χ0v) is 13.1. The van der Waals surface area contributed by atoms with Crippen molar-refractivity contribution in [3.8, 4) is 0 Å². The van der Waals surface area contributed by atoms with Crippen molar-refractivity contribution in [2.75, 3.05) is 6.54 Å². The molecule has 0 spiro atoms. The molecule has 1 aromatic heterocycles. The highest BCUT2D eigenvalue weighted by Crippen LogP contribution is 2.23. The second-order valence-corrected chi connectivity index (χ2v) is 6.59. The highest BCUT2D eigenvalue weighted by atomic mass is 32.1. The van der Waals surface area contributed by atoms with Crippen LogP contribution in [0.2, 0.25) is 0 Å². The van der Waals surface area contributed by atoms with Crippen LogP contribution in [0.4, 0.5) is 0 Å². The molecule has 1 saturated heterocycles. The van der Waals surface area contributed by atoms with Crippen molar-refractivity contribution in [1.29, 1.82) is 0 Å². The van der Waals surface area contributed by atoms with Crippen molar-refractivity contribution >= 4 is 23.2 Å². The number of hydrogen-bond donors (Lipinski definition) is 1. The number of carbonyl (C=O) groups excluding carboxylic acids is 2. The van der Waals surface area contributed by atoms with E-state index >= 15 is 0 Å². The molecule has 1 aliphatic heterocycles. The quantitative estimate of drug-likeness (QED) is 0.918. The van der Waals surface area contributed by atoms with Gasteiger partial charge in [0, 0.05) is 24.0 Å². The Kier molecular flexibility index (Phi) is 4.42. The first-order chi connectivity index (χ1) is 9.41. The normalized spacial score (nSPS) is 24.9. The monoisotopic (exact) mass is 295 g/mol. The summed E-state index contributed by atoms with van der Waals surface area (Å²) in [5, 5.41) is 5.73. The Morgan fingerprint density at radius 3 is 2.65 bits per heavy atom. The van der Waals surface area contributed by atoms with Crippen molar-refractivity contribution in [3.63, 3.8) is 0 Å². The number of nitrogens with one attached hydrogen (secondary N) is 1. The molecule has 0 aromatic carbocycles. The first kappa shape index (κ1) is 15.0. The van der Waals surface area contributed by atoms with E-state index in [2.05, 4.69) is 10.3 Å². The van der Waals surface area contributed by atoms with Gasteiger partial charge in [0.25, 0.3) is 0 Å². The number of rotatable bonds is 4. The van der Waals surface area contributed by atoms with E-state index in [0.29, 0.717) is 6.54 Å². The van der Waals surface area contributed by atoms with Gasteiger partial charge in [-0.15, -0.1) is 11.3 Å². The lowest BCUT2D eigenvalue weighted by molar-refractivity contribution is -0.150. The van der Waals surface area contributed by atoms with Gasteiger partial charge < -0.3 is 10.2 Å². The van der Waals surface area contributed by atoms with Crippen LogP contribution in [0, 0.1) is 5.92 Å². The van der Waals surface area contributed by atoms with Crippen molar-refractivity contribution < 1.29 is 9.59 Å². The molecule has 1 aliphatic rings. The molecule has 20 heavy (non-hydrogen) atoms. The molecule has 2 amide bonds. The lowest BCUT2D eigenvalue weighted by atomic mass is 9.97. The standard InChI is InChI=1S/C14H21N3O2S/c1-8(2)11-14(19)17(10(4)12(18)16-11)7-9(3)13-15-5-6-20-13/h5-6,8-11H,7H2,1-4H3,(H,16,18). The lowest BCUT2D eigenvalue weighted by Crippen LogP contribution is -2.64. The van der Waals surface area contributed by atoms with Crippen molar-refractivity contribution in [3.05, 3.63) is 16.6 Å². The second-order valence-electron chi connectivity index (χ2n) is 5.67. The fourth-order valence-electron chi connectivity index (χ4n) is 2.40.